The van der Waals surface area contributed by atoms with E-state index in [1.165, 1.54) is 40.4 Å². The van der Waals surface area contributed by atoms with Gasteiger partial charge in [-0.1, -0.05) is 30.3 Å². The highest BCUT2D eigenvalue weighted by atomic mass is 32.1. The third kappa shape index (κ3) is 7.16. The Balaban J connectivity index is 1.10. The normalized spacial score (nSPS) is 11.3. The van der Waals surface area contributed by atoms with Gasteiger partial charge in [0.2, 0.25) is 0 Å². The van der Waals surface area contributed by atoms with Gasteiger partial charge in [0.1, 0.15) is 0 Å². The maximum atomic E-state index is 13.1. The van der Waals surface area contributed by atoms with Crippen LogP contribution in [-0.2, 0) is 12.6 Å². The summed E-state index contributed by atoms with van der Waals surface area (Å²) in [5.41, 5.74) is 12.9. The standard InChI is InChI=1S/C31H24F3N7S2/c1-19-4-2-7-24(8-19)37-30-39-28(18-43-30)22-12-26(16-36-14-22)41-40-25-11-21(13-35-15-25)27-17-42-29(38-27)10-20-5-3-6-23(9-20)31(32,33)34/h2-9,11-18,40-41H,10H2,1H3,(H,37,39). The van der Waals surface area contributed by atoms with Gasteiger partial charge < -0.3 is 5.32 Å². The number of hydrazine groups is 1. The lowest BCUT2D eigenvalue weighted by Gasteiger charge is -2.10. The molecule has 0 bridgehead atoms. The second-order valence-corrected chi connectivity index (χ2v) is 11.5. The molecule has 0 saturated heterocycles. The molecule has 12 heteroatoms. The predicted octanol–water partition coefficient (Wildman–Crippen LogP) is 8.82. The average Bonchev–Trinajstić information content (AvgIpc) is 3.66. The summed E-state index contributed by atoms with van der Waals surface area (Å²) < 4.78 is 39.2. The van der Waals surface area contributed by atoms with Crippen LogP contribution < -0.4 is 16.2 Å². The lowest BCUT2D eigenvalue weighted by atomic mass is 10.1. The number of rotatable bonds is 9. The van der Waals surface area contributed by atoms with E-state index in [0.717, 1.165) is 39.4 Å². The molecule has 0 spiro atoms. The molecule has 0 atom stereocenters. The van der Waals surface area contributed by atoms with E-state index in [9.17, 15) is 13.2 Å². The van der Waals surface area contributed by atoms with E-state index in [1.807, 2.05) is 48.0 Å². The first kappa shape index (κ1) is 28.3. The number of aromatic nitrogens is 4. The summed E-state index contributed by atoms with van der Waals surface area (Å²) in [5, 5.41) is 8.71. The number of alkyl halides is 3. The first-order valence-electron chi connectivity index (χ1n) is 13.1. The summed E-state index contributed by atoms with van der Waals surface area (Å²) in [6.07, 6.45) is 2.77. The smallest absolute Gasteiger partial charge is 0.332 e. The van der Waals surface area contributed by atoms with Crippen LogP contribution >= 0.6 is 22.7 Å². The summed E-state index contributed by atoms with van der Waals surface area (Å²) in [6.45, 7) is 2.05. The molecule has 0 unspecified atom stereocenters. The number of hydrogen-bond acceptors (Lipinski definition) is 9. The van der Waals surface area contributed by atoms with E-state index in [1.54, 1.807) is 30.9 Å². The molecule has 0 radical (unpaired) electrons. The van der Waals surface area contributed by atoms with Gasteiger partial charge in [0, 0.05) is 46.4 Å². The fraction of sp³-hybridized carbons (Fsp3) is 0.0968. The maximum absolute atomic E-state index is 13.1. The first-order chi connectivity index (χ1) is 20.8. The molecule has 0 amide bonds. The number of anilines is 4. The summed E-state index contributed by atoms with van der Waals surface area (Å²) in [5.74, 6) is 0. The highest BCUT2D eigenvalue weighted by Gasteiger charge is 2.30. The van der Waals surface area contributed by atoms with Gasteiger partial charge in [0.15, 0.2) is 5.13 Å². The van der Waals surface area contributed by atoms with Crippen molar-refractivity contribution in [2.75, 3.05) is 16.2 Å². The van der Waals surface area contributed by atoms with Crippen LogP contribution in [0.5, 0.6) is 0 Å². The number of pyridine rings is 2. The highest BCUT2D eigenvalue weighted by Crippen LogP contribution is 2.31. The first-order valence-corrected chi connectivity index (χ1v) is 14.9. The average molecular weight is 616 g/mol. The van der Waals surface area contributed by atoms with Gasteiger partial charge in [-0.3, -0.25) is 20.8 Å². The highest BCUT2D eigenvalue weighted by molar-refractivity contribution is 7.14. The van der Waals surface area contributed by atoms with E-state index >= 15 is 0 Å². The lowest BCUT2D eigenvalue weighted by Crippen LogP contribution is -2.09. The Morgan fingerprint density at radius 3 is 2.09 bits per heavy atom. The minimum absolute atomic E-state index is 0.313. The van der Waals surface area contributed by atoms with Crippen molar-refractivity contribution in [1.82, 2.24) is 19.9 Å². The minimum atomic E-state index is -4.38. The molecule has 43 heavy (non-hydrogen) atoms. The molecule has 7 nitrogen and oxygen atoms in total. The summed E-state index contributed by atoms with van der Waals surface area (Å²) >= 11 is 2.92. The molecule has 0 aliphatic heterocycles. The molecule has 2 aromatic carbocycles. The van der Waals surface area contributed by atoms with Crippen molar-refractivity contribution >= 4 is 44.9 Å². The van der Waals surface area contributed by atoms with E-state index in [4.69, 9.17) is 4.98 Å². The van der Waals surface area contributed by atoms with Crippen LogP contribution in [0.4, 0.5) is 35.4 Å². The zero-order valence-corrected chi connectivity index (χ0v) is 24.3. The summed E-state index contributed by atoms with van der Waals surface area (Å²) in [6, 6.07) is 17.3. The largest absolute Gasteiger partial charge is 0.416 e. The van der Waals surface area contributed by atoms with Gasteiger partial charge in [0.25, 0.3) is 0 Å². The van der Waals surface area contributed by atoms with Crippen LogP contribution in [0.3, 0.4) is 0 Å². The molecule has 4 heterocycles. The molecule has 0 saturated carbocycles. The van der Waals surface area contributed by atoms with Gasteiger partial charge >= 0.3 is 6.18 Å². The zero-order chi connectivity index (χ0) is 29.8. The number of benzene rings is 2. The molecule has 6 rings (SSSR count). The van der Waals surface area contributed by atoms with E-state index in [-0.39, 0.29) is 0 Å². The number of thiazole rings is 2. The predicted molar refractivity (Wildman–Crippen MR) is 167 cm³/mol. The number of halogens is 3. The number of nitrogens with one attached hydrogen (secondary N) is 3. The third-order valence-corrected chi connectivity index (χ3v) is 7.96. The van der Waals surface area contributed by atoms with Crippen molar-refractivity contribution in [2.45, 2.75) is 19.5 Å². The monoisotopic (exact) mass is 615 g/mol. The Kier molecular flexibility index (Phi) is 8.03. The Bertz CT molecular complexity index is 1870. The SMILES string of the molecule is Cc1cccc(Nc2nc(-c3cncc(NNc4cncc(-c5csc(Cc6cccc(C(F)(F)F)c6)n5)c4)c3)cs2)c1. The van der Waals surface area contributed by atoms with Crippen molar-refractivity contribution in [1.29, 1.82) is 0 Å². The molecular weight excluding hydrogens is 592 g/mol. The molecule has 3 N–H and O–H groups in total. The molecule has 216 valence electrons. The third-order valence-electron chi connectivity index (χ3n) is 6.35. The summed E-state index contributed by atoms with van der Waals surface area (Å²) in [7, 11) is 0. The van der Waals surface area contributed by atoms with Crippen molar-refractivity contribution in [2.24, 2.45) is 0 Å². The quantitative estimate of drug-likeness (QED) is 0.140. The second kappa shape index (κ2) is 12.2. The van der Waals surface area contributed by atoms with Crippen LogP contribution in [0.1, 0.15) is 21.7 Å². The fourth-order valence-electron chi connectivity index (χ4n) is 4.31. The molecule has 0 aliphatic rings. The Hall–Kier alpha value is -4.81. The number of hydrogen-bond donors (Lipinski definition) is 3. The maximum Gasteiger partial charge on any atom is 0.416 e. The Morgan fingerprint density at radius 1 is 0.721 bits per heavy atom. The molecule has 4 aromatic heterocycles. The topological polar surface area (TPSA) is 87.7 Å². The van der Waals surface area contributed by atoms with E-state index in [0.29, 0.717) is 28.4 Å². The van der Waals surface area contributed by atoms with Crippen LogP contribution in [0, 0.1) is 6.92 Å². The molecule has 0 fully saturated rings. The van der Waals surface area contributed by atoms with Gasteiger partial charge in [0.05, 0.1) is 45.7 Å². The second-order valence-electron chi connectivity index (χ2n) is 9.71. The summed E-state index contributed by atoms with van der Waals surface area (Å²) in [4.78, 5) is 18.0. The van der Waals surface area contributed by atoms with E-state index < -0.39 is 11.7 Å². The van der Waals surface area contributed by atoms with Crippen molar-refractivity contribution < 1.29 is 13.2 Å². The van der Waals surface area contributed by atoms with Crippen LogP contribution in [0.2, 0.25) is 0 Å². The van der Waals surface area contributed by atoms with Gasteiger partial charge in [-0.05, 0) is 48.4 Å². The van der Waals surface area contributed by atoms with Crippen molar-refractivity contribution in [3.8, 4) is 22.5 Å². The number of aryl methyl sites for hydroxylation is 1. The number of nitrogens with zero attached hydrogens (tertiary/aromatic N) is 4. The van der Waals surface area contributed by atoms with Gasteiger partial charge in [-0.2, -0.15) is 13.2 Å². The minimum Gasteiger partial charge on any atom is -0.332 e. The van der Waals surface area contributed by atoms with Gasteiger partial charge in [-0.15, -0.1) is 22.7 Å². The van der Waals surface area contributed by atoms with Crippen LogP contribution in [0.15, 0.2) is 96.2 Å². The van der Waals surface area contributed by atoms with Crippen molar-refractivity contribution in [3.63, 3.8) is 0 Å². The zero-order valence-electron chi connectivity index (χ0n) is 22.7. The van der Waals surface area contributed by atoms with Crippen molar-refractivity contribution in [3.05, 3.63) is 118 Å². The van der Waals surface area contributed by atoms with Crippen LogP contribution in [-0.4, -0.2) is 19.9 Å². The Labute approximate surface area is 253 Å². The van der Waals surface area contributed by atoms with Gasteiger partial charge in [-0.25, -0.2) is 9.97 Å². The Morgan fingerprint density at radius 2 is 1.40 bits per heavy atom. The van der Waals surface area contributed by atoms with E-state index in [2.05, 4.69) is 37.2 Å². The molecule has 0 aliphatic carbocycles. The fourth-order valence-corrected chi connectivity index (χ4v) is 5.89. The molecular formula is C31H24F3N7S2. The lowest BCUT2D eigenvalue weighted by molar-refractivity contribution is -0.137. The van der Waals surface area contributed by atoms with Crippen LogP contribution in [0.25, 0.3) is 22.5 Å². The molecule has 6 aromatic rings.